The number of benzene rings is 1. The van der Waals surface area contributed by atoms with Crippen molar-refractivity contribution in [2.24, 2.45) is 0 Å². The predicted molar refractivity (Wildman–Crippen MR) is 109 cm³/mol. The highest BCUT2D eigenvalue weighted by Crippen LogP contribution is 2.40. The Bertz CT molecular complexity index is 975. The molecule has 1 fully saturated rings. The van der Waals surface area contributed by atoms with E-state index in [1.165, 1.54) is 5.56 Å². The summed E-state index contributed by atoms with van der Waals surface area (Å²) < 4.78 is 7.51. The Morgan fingerprint density at radius 1 is 1.07 bits per heavy atom. The molecular weight excluding hydrogens is 397 g/mol. The lowest BCUT2D eigenvalue weighted by Gasteiger charge is -2.27. The summed E-state index contributed by atoms with van der Waals surface area (Å²) >= 11 is 6.21. The van der Waals surface area contributed by atoms with Gasteiger partial charge < -0.3 is 9.84 Å². The third kappa shape index (κ3) is 3.45. The van der Waals surface area contributed by atoms with Crippen LogP contribution in [0.3, 0.4) is 0 Å². The minimum atomic E-state index is 0. The summed E-state index contributed by atoms with van der Waals surface area (Å²) in [4.78, 5) is 0. The maximum Gasteiger partial charge on any atom is 0.151 e. The van der Waals surface area contributed by atoms with Gasteiger partial charge in [-0.1, -0.05) is 16.8 Å². The Morgan fingerprint density at radius 2 is 1.86 bits per heavy atom. The maximum absolute atomic E-state index is 6.21. The van der Waals surface area contributed by atoms with Crippen LogP contribution in [0.15, 0.2) is 28.8 Å². The number of halogens is 2. The van der Waals surface area contributed by atoms with E-state index >= 15 is 0 Å². The second-order valence-corrected chi connectivity index (χ2v) is 8.03. The topological polar surface area (TPSA) is 68.8 Å². The molecule has 148 valence electrons. The number of fused-ring (bicyclic) bond motifs is 3. The minimum Gasteiger partial charge on any atom is -0.361 e. The molecule has 3 aromatic rings. The largest absolute Gasteiger partial charge is 0.361 e. The van der Waals surface area contributed by atoms with E-state index in [-0.39, 0.29) is 12.4 Å². The third-order valence-corrected chi connectivity index (χ3v) is 6.03. The van der Waals surface area contributed by atoms with Gasteiger partial charge in [0.05, 0.1) is 17.9 Å². The van der Waals surface area contributed by atoms with Gasteiger partial charge >= 0.3 is 0 Å². The van der Waals surface area contributed by atoms with E-state index in [0.29, 0.717) is 18.4 Å². The molecule has 0 spiro atoms. The summed E-state index contributed by atoms with van der Waals surface area (Å²) in [5.74, 6) is 3.83. The van der Waals surface area contributed by atoms with Crippen LogP contribution in [0.25, 0.3) is 5.69 Å². The summed E-state index contributed by atoms with van der Waals surface area (Å²) in [5, 5.41) is 17.5. The fraction of sp³-hybridized carbons (Fsp3) is 0.450. The highest BCUT2D eigenvalue weighted by atomic mass is 35.5. The number of nitrogens with one attached hydrogen (secondary N) is 1. The molecule has 3 heterocycles. The van der Waals surface area contributed by atoms with Crippen molar-refractivity contribution in [3.05, 3.63) is 58.0 Å². The molecule has 5 rings (SSSR count). The van der Waals surface area contributed by atoms with Crippen molar-refractivity contribution >= 4 is 24.0 Å². The Hall–Kier alpha value is -1.89. The van der Waals surface area contributed by atoms with Gasteiger partial charge in [-0.15, -0.1) is 22.6 Å². The van der Waals surface area contributed by atoms with Gasteiger partial charge in [-0.3, -0.25) is 4.57 Å². The Balaban J connectivity index is 0.00000192. The van der Waals surface area contributed by atoms with Crippen molar-refractivity contribution in [3.8, 4) is 5.69 Å². The molecule has 8 heteroatoms. The molecule has 1 N–H and O–H groups in total. The van der Waals surface area contributed by atoms with Crippen LogP contribution in [0, 0.1) is 6.92 Å². The fourth-order valence-electron chi connectivity index (χ4n) is 4.42. The van der Waals surface area contributed by atoms with Gasteiger partial charge in [0, 0.05) is 29.5 Å². The van der Waals surface area contributed by atoms with Gasteiger partial charge in [-0.25, -0.2) is 0 Å². The van der Waals surface area contributed by atoms with Gasteiger partial charge in [0.25, 0.3) is 0 Å². The van der Waals surface area contributed by atoms with E-state index in [9.17, 15) is 0 Å². The van der Waals surface area contributed by atoms with E-state index in [1.54, 1.807) is 0 Å². The molecule has 6 nitrogen and oxygen atoms in total. The normalized spacial score (nSPS) is 21.4. The molecular formula is C20H23Cl2N5O. The number of aromatic nitrogens is 4. The second-order valence-electron chi connectivity index (χ2n) is 7.60. The van der Waals surface area contributed by atoms with E-state index in [4.69, 9.17) is 16.1 Å². The summed E-state index contributed by atoms with van der Waals surface area (Å²) in [5.41, 5.74) is 3.43. The molecule has 2 aromatic heterocycles. The van der Waals surface area contributed by atoms with Crippen molar-refractivity contribution in [3.63, 3.8) is 0 Å². The zero-order chi connectivity index (χ0) is 18.4. The summed E-state index contributed by atoms with van der Waals surface area (Å²) in [6.45, 7) is 3.45. The van der Waals surface area contributed by atoms with Gasteiger partial charge in [-0.2, -0.15) is 0 Å². The maximum atomic E-state index is 6.21. The molecule has 1 saturated carbocycles. The van der Waals surface area contributed by atoms with Crippen molar-refractivity contribution in [2.45, 2.75) is 57.5 Å². The number of hydrogen-bond acceptors (Lipinski definition) is 5. The zero-order valence-electron chi connectivity index (χ0n) is 15.7. The molecule has 2 aliphatic rings. The summed E-state index contributed by atoms with van der Waals surface area (Å²) in [6, 6.07) is 8.14. The summed E-state index contributed by atoms with van der Waals surface area (Å²) in [6.07, 6.45) is 4.38. The highest BCUT2D eigenvalue weighted by Gasteiger charge is 2.30. The van der Waals surface area contributed by atoms with E-state index in [0.717, 1.165) is 66.0 Å². The Morgan fingerprint density at radius 3 is 2.61 bits per heavy atom. The first kappa shape index (κ1) is 19.4. The lowest BCUT2D eigenvalue weighted by molar-refractivity contribution is 0.347. The average molecular weight is 420 g/mol. The molecule has 0 bridgehead atoms. The molecule has 1 aliphatic heterocycles. The van der Waals surface area contributed by atoms with Crippen LogP contribution in [0.4, 0.5) is 0 Å². The fourth-order valence-corrected chi connectivity index (χ4v) is 4.61. The van der Waals surface area contributed by atoms with Gasteiger partial charge in [-0.05, 0) is 56.4 Å². The highest BCUT2D eigenvalue weighted by molar-refractivity contribution is 6.30. The monoisotopic (exact) mass is 419 g/mol. The number of hydrogen-bond donors (Lipinski definition) is 1. The zero-order valence-corrected chi connectivity index (χ0v) is 17.3. The molecule has 0 amide bonds. The Kier molecular flexibility index (Phi) is 5.45. The van der Waals surface area contributed by atoms with E-state index < -0.39 is 0 Å². The number of rotatable bonds is 2. The molecule has 1 aromatic carbocycles. The predicted octanol–water partition coefficient (Wildman–Crippen LogP) is 4.68. The van der Waals surface area contributed by atoms with Crippen molar-refractivity contribution in [2.75, 3.05) is 0 Å². The quantitative estimate of drug-likeness (QED) is 0.652. The van der Waals surface area contributed by atoms with Gasteiger partial charge in [0.15, 0.2) is 5.82 Å². The molecule has 1 aliphatic carbocycles. The second kappa shape index (κ2) is 7.85. The van der Waals surface area contributed by atoms with Gasteiger partial charge in [0.2, 0.25) is 0 Å². The molecule has 0 saturated heterocycles. The number of aryl methyl sites for hydroxylation is 1. The van der Waals surface area contributed by atoms with Gasteiger partial charge in [0.1, 0.15) is 11.6 Å². The first-order chi connectivity index (χ1) is 13.2. The SMILES string of the molecule is Cc1cc(C2CCC(c3nnc4n3-c3ccc(Cl)cc3CNC4)CC2)no1.Cl. The first-order valence-corrected chi connectivity index (χ1v) is 9.94. The van der Waals surface area contributed by atoms with Crippen LogP contribution in [0.1, 0.15) is 66.2 Å². The third-order valence-electron chi connectivity index (χ3n) is 5.79. The average Bonchev–Trinajstić information content (AvgIpc) is 3.25. The molecule has 0 unspecified atom stereocenters. The smallest absolute Gasteiger partial charge is 0.151 e. The van der Waals surface area contributed by atoms with Crippen LogP contribution in [-0.4, -0.2) is 19.9 Å². The summed E-state index contributed by atoms with van der Waals surface area (Å²) in [7, 11) is 0. The van der Waals surface area contributed by atoms with Crippen molar-refractivity contribution < 1.29 is 4.52 Å². The van der Waals surface area contributed by atoms with Crippen LogP contribution in [0.2, 0.25) is 5.02 Å². The van der Waals surface area contributed by atoms with Crippen molar-refractivity contribution in [1.29, 1.82) is 0 Å². The molecule has 28 heavy (non-hydrogen) atoms. The van der Waals surface area contributed by atoms with Crippen LogP contribution < -0.4 is 5.32 Å². The van der Waals surface area contributed by atoms with Crippen LogP contribution in [-0.2, 0) is 13.1 Å². The molecule has 0 radical (unpaired) electrons. The van der Waals surface area contributed by atoms with Crippen LogP contribution >= 0.6 is 24.0 Å². The van der Waals surface area contributed by atoms with E-state index in [1.807, 2.05) is 19.1 Å². The minimum absolute atomic E-state index is 0. The van der Waals surface area contributed by atoms with Crippen molar-refractivity contribution in [1.82, 2.24) is 25.2 Å². The lowest BCUT2D eigenvalue weighted by Crippen LogP contribution is -2.17. The standard InChI is InChI=1S/C20H22ClN5O.ClH/c1-12-8-17(25-27-12)13-2-4-14(5-3-13)20-24-23-19-11-22-10-15-9-16(21)6-7-18(15)26(19)20;/h6-9,13-14,22H,2-5,10-11H2,1H3;1H. The first-order valence-electron chi connectivity index (χ1n) is 9.56. The number of nitrogens with zero attached hydrogens (tertiary/aromatic N) is 4. The molecule has 0 atom stereocenters. The Labute approximate surface area is 175 Å². The van der Waals surface area contributed by atoms with Crippen LogP contribution in [0.5, 0.6) is 0 Å². The lowest BCUT2D eigenvalue weighted by atomic mass is 9.80. The van der Waals surface area contributed by atoms with E-state index in [2.05, 4.69) is 37.4 Å².